The molecule has 0 radical (unpaired) electrons. The molecule has 0 amide bonds. The predicted molar refractivity (Wildman–Crippen MR) is 92.9 cm³/mol. The standard InChI is InChI=1S/C21H30O2/c1-4-21(22)12-10-19-18-7-5-14-13-15(23-3)6-8-16(14)17(18)9-11-20(19,21)2/h6,8,13,17-19,22H,4-5,7,9-12H2,1-3H3/t17-,18-,19+,20+,21?/m1/s1. The van der Waals surface area contributed by atoms with Gasteiger partial charge in [-0.3, -0.25) is 0 Å². The molecule has 1 aromatic carbocycles. The van der Waals surface area contributed by atoms with Crippen molar-refractivity contribution in [3.8, 4) is 5.75 Å². The first-order chi connectivity index (χ1) is 11.0. The highest BCUT2D eigenvalue weighted by molar-refractivity contribution is 5.40. The highest BCUT2D eigenvalue weighted by Crippen LogP contribution is 2.64. The van der Waals surface area contributed by atoms with Crippen LogP contribution in [0, 0.1) is 17.3 Å². The van der Waals surface area contributed by atoms with Crippen molar-refractivity contribution in [2.45, 2.75) is 70.3 Å². The predicted octanol–water partition coefficient (Wildman–Crippen LogP) is 4.69. The van der Waals surface area contributed by atoms with Gasteiger partial charge in [0.15, 0.2) is 0 Å². The van der Waals surface area contributed by atoms with E-state index < -0.39 is 5.60 Å². The molecule has 0 aliphatic heterocycles. The van der Waals surface area contributed by atoms with Gasteiger partial charge in [-0.15, -0.1) is 0 Å². The molecule has 1 unspecified atom stereocenters. The van der Waals surface area contributed by atoms with E-state index in [1.807, 2.05) is 0 Å². The molecule has 0 aromatic heterocycles. The molecule has 23 heavy (non-hydrogen) atoms. The molecule has 4 rings (SSSR count). The van der Waals surface area contributed by atoms with E-state index in [-0.39, 0.29) is 5.41 Å². The lowest BCUT2D eigenvalue weighted by Crippen LogP contribution is -2.50. The quantitative estimate of drug-likeness (QED) is 0.858. The summed E-state index contributed by atoms with van der Waals surface area (Å²) < 4.78 is 5.41. The van der Waals surface area contributed by atoms with Gasteiger partial charge in [0.05, 0.1) is 12.7 Å². The van der Waals surface area contributed by atoms with Crippen molar-refractivity contribution in [2.75, 3.05) is 7.11 Å². The molecule has 2 fully saturated rings. The Hall–Kier alpha value is -1.02. The van der Waals surface area contributed by atoms with Gasteiger partial charge < -0.3 is 9.84 Å². The minimum absolute atomic E-state index is 0.132. The fourth-order valence-corrected chi connectivity index (χ4v) is 6.38. The van der Waals surface area contributed by atoms with Gasteiger partial charge in [0.2, 0.25) is 0 Å². The van der Waals surface area contributed by atoms with Crippen LogP contribution < -0.4 is 4.74 Å². The van der Waals surface area contributed by atoms with Crippen molar-refractivity contribution < 1.29 is 9.84 Å². The second-order valence-corrected chi connectivity index (χ2v) is 8.36. The Kier molecular flexibility index (Phi) is 3.53. The van der Waals surface area contributed by atoms with Gasteiger partial charge in [0, 0.05) is 0 Å². The molecule has 3 aliphatic carbocycles. The van der Waals surface area contributed by atoms with Crippen molar-refractivity contribution >= 4 is 0 Å². The highest BCUT2D eigenvalue weighted by Gasteiger charge is 2.60. The summed E-state index contributed by atoms with van der Waals surface area (Å²) in [6.07, 6.45) is 7.99. The Labute approximate surface area is 140 Å². The van der Waals surface area contributed by atoms with Crippen LogP contribution in [0.3, 0.4) is 0 Å². The van der Waals surface area contributed by atoms with Gasteiger partial charge in [0.25, 0.3) is 0 Å². The van der Waals surface area contributed by atoms with E-state index in [0.29, 0.717) is 11.8 Å². The molecular formula is C21H30O2. The molecule has 1 N–H and O–H groups in total. The van der Waals surface area contributed by atoms with E-state index in [4.69, 9.17) is 4.74 Å². The number of hydrogen-bond acceptors (Lipinski definition) is 2. The second kappa shape index (κ2) is 5.24. The number of rotatable bonds is 2. The van der Waals surface area contributed by atoms with Crippen molar-refractivity contribution in [3.05, 3.63) is 29.3 Å². The molecule has 0 spiro atoms. The molecule has 2 heteroatoms. The summed E-state index contributed by atoms with van der Waals surface area (Å²) in [4.78, 5) is 0. The zero-order valence-corrected chi connectivity index (χ0v) is 14.8. The maximum Gasteiger partial charge on any atom is 0.119 e. The fourth-order valence-electron chi connectivity index (χ4n) is 6.38. The molecule has 3 aliphatic rings. The third-order valence-corrected chi connectivity index (χ3v) is 7.84. The lowest BCUT2D eigenvalue weighted by Gasteiger charge is -2.53. The van der Waals surface area contributed by atoms with Gasteiger partial charge in [-0.2, -0.15) is 0 Å². The lowest BCUT2D eigenvalue weighted by atomic mass is 9.53. The summed E-state index contributed by atoms with van der Waals surface area (Å²) in [5.41, 5.74) is 2.77. The van der Waals surface area contributed by atoms with Crippen LogP contribution in [-0.4, -0.2) is 17.8 Å². The first-order valence-electron chi connectivity index (χ1n) is 9.41. The molecule has 0 heterocycles. The van der Waals surface area contributed by atoms with Crippen LogP contribution in [0.1, 0.15) is 69.4 Å². The van der Waals surface area contributed by atoms with Crippen LogP contribution in [0.25, 0.3) is 0 Å². The summed E-state index contributed by atoms with van der Waals surface area (Å²) in [5.74, 6) is 3.14. The van der Waals surface area contributed by atoms with Crippen LogP contribution >= 0.6 is 0 Å². The smallest absolute Gasteiger partial charge is 0.119 e. The molecule has 2 nitrogen and oxygen atoms in total. The summed E-state index contributed by atoms with van der Waals surface area (Å²) in [6.45, 7) is 4.55. The molecule has 5 atom stereocenters. The first kappa shape index (κ1) is 15.5. The van der Waals surface area contributed by atoms with Gasteiger partial charge in [-0.1, -0.05) is 19.9 Å². The molecular weight excluding hydrogens is 284 g/mol. The molecule has 1 aromatic rings. The van der Waals surface area contributed by atoms with E-state index in [0.717, 1.165) is 24.5 Å². The molecule has 0 saturated heterocycles. The Morgan fingerprint density at radius 1 is 1.22 bits per heavy atom. The SMILES string of the molecule is CCC1(O)CC[C@H]2[C@@H]3CCc4cc(OC)ccc4[C@H]3CC[C@@]21C. The van der Waals surface area contributed by atoms with Crippen molar-refractivity contribution in [1.29, 1.82) is 0 Å². The number of ether oxygens (including phenoxy) is 1. The number of fused-ring (bicyclic) bond motifs is 5. The van der Waals surface area contributed by atoms with E-state index in [9.17, 15) is 5.11 Å². The topological polar surface area (TPSA) is 29.5 Å². The third-order valence-electron chi connectivity index (χ3n) is 7.84. The number of aliphatic hydroxyl groups is 1. The zero-order chi connectivity index (χ0) is 16.2. The van der Waals surface area contributed by atoms with Crippen molar-refractivity contribution in [1.82, 2.24) is 0 Å². The normalized spacial score (nSPS) is 41.8. The number of aryl methyl sites for hydroxylation is 1. The minimum Gasteiger partial charge on any atom is -0.497 e. The van der Waals surface area contributed by atoms with Gasteiger partial charge in [-0.05, 0) is 91.4 Å². The van der Waals surface area contributed by atoms with E-state index in [1.54, 1.807) is 12.7 Å². The Morgan fingerprint density at radius 2 is 2.04 bits per heavy atom. The number of hydrogen-bond donors (Lipinski definition) is 1. The van der Waals surface area contributed by atoms with Gasteiger partial charge in [-0.25, -0.2) is 0 Å². The molecule has 0 bridgehead atoms. The Balaban J connectivity index is 1.68. The van der Waals surface area contributed by atoms with Crippen LogP contribution in [0.5, 0.6) is 5.75 Å². The van der Waals surface area contributed by atoms with Gasteiger partial charge >= 0.3 is 0 Å². The maximum atomic E-state index is 11.2. The average molecular weight is 314 g/mol. The third kappa shape index (κ3) is 2.03. The fraction of sp³-hybridized carbons (Fsp3) is 0.714. The second-order valence-electron chi connectivity index (χ2n) is 8.36. The van der Waals surface area contributed by atoms with E-state index in [2.05, 4.69) is 32.0 Å². The minimum atomic E-state index is -0.428. The number of benzene rings is 1. The van der Waals surface area contributed by atoms with Crippen LogP contribution in [0.2, 0.25) is 0 Å². The summed E-state index contributed by atoms with van der Waals surface area (Å²) >= 11 is 0. The van der Waals surface area contributed by atoms with Crippen molar-refractivity contribution in [2.24, 2.45) is 17.3 Å². The summed E-state index contributed by atoms with van der Waals surface area (Å²) in [7, 11) is 1.75. The van der Waals surface area contributed by atoms with Crippen LogP contribution in [0.4, 0.5) is 0 Å². The summed E-state index contributed by atoms with van der Waals surface area (Å²) in [6, 6.07) is 6.69. The Bertz CT molecular complexity index is 610. The first-order valence-corrected chi connectivity index (χ1v) is 9.41. The van der Waals surface area contributed by atoms with Gasteiger partial charge in [0.1, 0.15) is 5.75 Å². The number of methoxy groups -OCH3 is 1. The average Bonchev–Trinajstić information content (AvgIpc) is 2.86. The van der Waals surface area contributed by atoms with Crippen LogP contribution in [-0.2, 0) is 6.42 Å². The molecule has 2 saturated carbocycles. The monoisotopic (exact) mass is 314 g/mol. The Morgan fingerprint density at radius 3 is 2.78 bits per heavy atom. The van der Waals surface area contributed by atoms with E-state index in [1.165, 1.54) is 37.7 Å². The zero-order valence-electron chi connectivity index (χ0n) is 14.8. The van der Waals surface area contributed by atoms with Crippen LogP contribution in [0.15, 0.2) is 18.2 Å². The molecule has 126 valence electrons. The maximum absolute atomic E-state index is 11.2. The van der Waals surface area contributed by atoms with Crippen molar-refractivity contribution in [3.63, 3.8) is 0 Å². The highest BCUT2D eigenvalue weighted by atomic mass is 16.5. The summed E-state index contributed by atoms with van der Waals surface area (Å²) in [5, 5.41) is 11.2. The van der Waals surface area contributed by atoms with E-state index >= 15 is 0 Å². The lowest BCUT2D eigenvalue weighted by molar-refractivity contribution is -0.104. The largest absolute Gasteiger partial charge is 0.497 e.